The third kappa shape index (κ3) is 3.35. The molecule has 1 aromatic rings. The molecule has 1 aliphatic heterocycles. The molecule has 3 heteroatoms. The average Bonchev–Trinajstić information content (AvgIpc) is 3.04. The van der Waals surface area contributed by atoms with E-state index in [1.54, 1.807) is 0 Å². The summed E-state index contributed by atoms with van der Waals surface area (Å²) in [6.45, 7) is 3.93. The van der Waals surface area contributed by atoms with Crippen molar-refractivity contribution in [2.24, 2.45) is 5.92 Å². The van der Waals surface area contributed by atoms with Gasteiger partial charge in [0.1, 0.15) is 0 Å². The van der Waals surface area contributed by atoms with Crippen molar-refractivity contribution in [2.75, 3.05) is 13.1 Å². The quantitative estimate of drug-likeness (QED) is 0.897. The van der Waals surface area contributed by atoms with Gasteiger partial charge >= 0.3 is 0 Å². The van der Waals surface area contributed by atoms with E-state index < -0.39 is 0 Å². The minimum absolute atomic E-state index is 0.162. The summed E-state index contributed by atoms with van der Waals surface area (Å²) < 4.78 is 0. The Balaban J connectivity index is 1.64. The van der Waals surface area contributed by atoms with E-state index in [0.717, 1.165) is 25.9 Å². The normalized spacial score (nSPS) is 27.5. The number of hydrogen-bond acceptors (Lipinski definition) is 2. The second kappa shape index (κ2) is 6.82. The van der Waals surface area contributed by atoms with Crippen molar-refractivity contribution in [1.29, 1.82) is 0 Å². The van der Waals surface area contributed by atoms with E-state index in [2.05, 4.69) is 47.9 Å². The van der Waals surface area contributed by atoms with Crippen LogP contribution < -0.4 is 10.6 Å². The predicted molar refractivity (Wildman–Crippen MR) is 89.8 cm³/mol. The summed E-state index contributed by atoms with van der Waals surface area (Å²) in [6.07, 6.45) is 6.86. The number of hydrogen-bond donors (Lipinski definition) is 2. The highest BCUT2D eigenvalue weighted by Gasteiger charge is 2.36. The van der Waals surface area contributed by atoms with Gasteiger partial charge in [0, 0.05) is 23.9 Å². The molecule has 120 valence electrons. The average molecular weight is 300 g/mol. The minimum atomic E-state index is 0.162. The predicted octanol–water partition coefficient (Wildman–Crippen LogP) is 3.00. The van der Waals surface area contributed by atoms with Gasteiger partial charge in [0.2, 0.25) is 5.91 Å². The number of carbonyl (C=O) groups excluding carboxylic acids is 1. The zero-order chi connectivity index (χ0) is 15.4. The van der Waals surface area contributed by atoms with Crippen LogP contribution in [0.2, 0.25) is 0 Å². The summed E-state index contributed by atoms with van der Waals surface area (Å²) in [4.78, 5) is 12.5. The first-order valence-electron chi connectivity index (χ1n) is 8.76. The molecule has 2 N–H and O–H groups in total. The highest BCUT2D eigenvalue weighted by molar-refractivity contribution is 5.79. The van der Waals surface area contributed by atoms with Crippen molar-refractivity contribution in [2.45, 2.75) is 56.9 Å². The molecular formula is C19H28N2O. The lowest BCUT2D eigenvalue weighted by molar-refractivity contribution is -0.126. The highest BCUT2D eigenvalue weighted by atomic mass is 16.1. The molecule has 0 unspecified atom stereocenters. The first-order chi connectivity index (χ1) is 10.7. The van der Waals surface area contributed by atoms with Crippen LogP contribution in [0.1, 0.15) is 51.0 Å². The molecule has 0 aromatic heterocycles. The summed E-state index contributed by atoms with van der Waals surface area (Å²) in [7, 11) is 0. The van der Waals surface area contributed by atoms with Crippen LogP contribution in [-0.2, 0) is 10.2 Å². The second-order valence-electron chi connectivity index (χ2n) is 7.15. The summed E-state index contributed by atoms with van der Waals surface area (Å²) >= 11 is 0. The van der Waals surface area contributed by atoms with Gasteiger partial charge in [-0.2, -0.15) is 0 Å². The summed E-state index contributed by atoms with van der Waals surface area (Å²) in [5, 5.41) is 6.70. The Hall–Kier alpha value is -1.35. The van der Waals surface area contributed by atoms with Crippen molar-refractivity contribution in [3.63, 3.8) is 0 Å². The van der Waals surface area contributed by atoms with Crippen LogP contribution in [0.5, 0.6) is 0 Å². The fourth-order valence-electron chi connectivity index (χ4n) is 4.18. The molecule has 1 saturated carbocycles. The van der Waals surface area contributed by atoms with Crippen molar-refractivity contribution in [3.8, 4) is 0 Å². The second-order valence-corrected chi connectivity index (χ2v) is 7.15. The fraction of sp³-hybridized carbons (Fsp3) is 0.632. The molecule has 0 bridgehead atoms. The summed E-state index contributed by atoms with van der Waals surface area (Å²) in [5.41, 5.74) is 1.56. The molecule has 1 heterocycles. The smallest absolute Gasteiger partial charge is 0.223 e. The topological polar surface area (TPSA) is 41.1 Å². The molecule has 1 saturated heterocycles. The van der Waals surface area contributed by atoms with E-state index in [1.807, 2.05) is 0 Å². The zero-order valence-corrected chi connectivity index (χ0v) is 13.6. The molecule has 2 fully saturated rings. The summed E-state index contributed by atoms with van der Waals surface area (Å²) in [5.74, 6) is 0.445. The Morgan fingerprint density at radius 2 is 2.00 bits per heavy atom. The lowest BCUT2D eigenvalue weighted by atomic mass is 9.78. The Bertz CT molecular complexity index is 493. The molecule has 3 rings (SSSR count). The van der Waals surface area contributed by atoms with Gasteiger partial charge in [0.15, 0.2) is 0 Å². The maximum absolute atomic E-state index is 12.5. The summed E-state index contributed by atoms with van der Waals surface area (Å²) in [6, 6.07) is 11.2. The van der Waals surface area contributed by atoms with Gasteiger partial charge in [-0.15, -0.1) is 0 Å². The van der Waals surface area contributed by atoms with Crippen LogP contribution in [-0.4, -0.2) is 25.0 Å². The molecule has 1 aromatic carbocycles. The van der Waals surface area contributed by atoms with Gasteiger partial charge < -0.3 is 10.6 Å². The number of carbonyl (C=O) groups is 1. The number of benzene rings is 1. The van der Waals surface area contributed by atoms with Crippen LogP contribution in [0.4, 0.5) is 0 Å². The van der Waals surface area contributed by atoms with Gasteiger partial charge in [-0.25, -0.2) is 0 Å². The minimum Gasteiger partial charge on any atom is -0.355 e. The molecule has 0 spiro atoms. The monoisotopic (exact) mass is 300 g/mol. The Morgan fingerprint density at radius 3 is 2.68 bits per heavy atom. The maximum atomic E-state index is 12.5. The van der Waals surface area contributed by atoms with Crippen LogP contribution >= 0.6 is 0 Å². The van der Waals surface area contributed by atoms with Crippen LogP contribution in [0.25, 0.3) is 0 Å². The largest absolute Gasteiger partial charge is 0.355 e. The first-order valence-corrected chi connectivity index (χ1v) is 8.76. The van der Waals surface area contributed by atoms with E-state index in [1.165, 1.54) is 31.2 Å². The van der Waals surface area contributed by atoms with Crippen LogP contribution in [0, 0.1) is 5.92 Å². The highest BCUT2D eigenvalue weighted by Crippen LogP contribution is 2.40. The maximum Gasteiger partial charge on any atom is 0.223 e. The van der Waals surface area contributed by atoms with Crippen LogP contribution in [0.3, 0.4) is 0 Å². The molecule has 2 atom stereocenters. The van der Waals surface area contributed by atoms with Crippen molar-refractivity contribution in [1.82, 2.24) is 10.6 Å². The fourth-order valence-corrected chi connectivity index (χ4v) is 4.18. The standard InChI is InChI=1S/C19H28N2O/c1-15-13-16(9-12-20-15)18(22)21-14-19(10-5-6-11-19)17-7-3-2-4-8-17/h2-4,7-8,15-16,20H,5-6,9-14H2,1H3,(H,21,22)/t15-,16-/m0/s1. The van der Waals surface area contributed by atoms with Crippen molar-refractivity contribution < 1.29 is 4.79 Å². The Morgan fingerprint density at radius 1 is 1.27 bits per heavy atom. The van der Waals surface area contributed by atoms with E-state index in [9.17, 15) is 4.79 Å². The molecule has 22 heavy (non-hydrogen) atoms. The van der Waals surface area contributed by atoms with Crippen molar-refractivity contribution in [3.05, 3.63) is 35.9 Å². The van der Waals surface area contributed by atoms with Gasteiger partial charge in [-0.3, -0.25) is 4.79 Å². The van der Waals surface area contributed by atoms with E-state index in [4.69, 9.17) is 0 Å². The van der Waals surface area contributed by atoms with Gasteiger partial charge in [-0.1, -0.05) is 43.2 Å². The number of amides is 1. The molecule has 1 amide bonds. The lowest BCUT2D eigenvalue weighted by Crippen LogP contribution is -2.45. The molecule has 3 nitrogen and oxygen atoms in total. The Labute approximate surface area is 133 Å². The van der Waals surface area contributed by atoms with Gasteiger partial charge in [0.05, 0.1) is 0 Å². The van der Waals surface area contributed by atoms with E-state index >= 15 is 0 Å². The SMILES string of the molecule is C[C@H]1C[C@@H](C(=O)NCC2(c3ccccc3)CCCC2)CCN1. The van der Waals surface area contributed by atoms with E-state index in [0.29, 0.717) is 6.04 Å². The zero-order valence-electron chi connectivity index (χ0n) is 13.6. The van der Waals surface area contributed by atoms with Gasteiger partial charge in [-0.05, 0) is 44.7 Å². The molecule has 0 radical (unpaired) electrons. The van der Waals surface area contributed by atoms with Gasteiger partial charge in [0.25, 0.3) is 0 Å². The molecular weight excluding hydrogens is 272 g/mol. The molecule has 1 aliphatic carbocycles. The third-order valence-corrected chi connectivity index (χ3v) is 5.54. The molecule has 2 aliphatic rings. The number of nitrogens with one attached hydrogen (secondary N) is 2. The third-order valence-electron chi connectivity index (χ3n) is 5.54. The first kappa shape index (κ1) is 15.5. The van der Waals surface area contributed by atoms with E-state index in [-0.39, 0.29) is 17.2 Å². The number of piperidine rings is 1. The lowest BCUT2D eigenvalue weighted by Gasteiger charge is -2.32. The van der Waals surface area contributed by atoms with Crippen molar-refractivity contribution >= 4 is 5.91 Å². The van der Waals surface area contributed by atoms with Crippen LogP contribution in [0.15, 0.2) is 30.3 Å². The number of rotatable bonds is 4. The Kier molecular flexibility index (Phi) is 4.82.